The Kier molecular flexibility index (Phi) is 3.98. The van der Waals surface area contributed by atoms with Gasteiger partial charge in [-0.15, -0.1) is 0 Å². The third-order valence-corrected chi connectivity index (χ3v) is 5.35. The Balaban J connectivity index is 2.04. The lowest BCUT2D eigenvalue weighted by atomic mass is 9.82. The highest BCUT2D eigenvalue weighted by Gasteiger charge is 2.48. The number of rotatable bonds is 1. The van der Waals surface area contributed by atoms with Gasteiger partial charge in [-0.25, -0.2) is 0 Å². The van der Waals surface area contributed by atoms with Crippen molar-refractivity contribution in [2.45, 2.75) is 77.7 Å². The summed E-state index contributed by atoms with van der Waals surface area (Å²) >= 11 is 0. The van der Waals surface area contributed by atoms with Crippen LogP contribution in [0, 0.1) is 13.8 Å². The van der Waals surface area contributed by atoms with Gasteiger partial charge in [0.15, 0.2) is 0 Å². The number of aliphatic hydroxyl groups excluding tert-OH is 1. The predicted octanol–water partition coefficient (Wildman–Crippen LogP) is 3.75. The first-order valence-electron chi connectivity index (χ1n) is 8.55. The van der Waals surface area contributed by atoms with Gasteiger partial charge in [-0.2, -0.15) is 0 Å². The Morgan fingerprint density at radius 2 is 1.95 bits per heavy atom. The summed E-state index contributed by atoms with van der Waals surface area (Å²) in [5.74, 6) is 0.879. The first-order chi connectivity index (χ1) is 10.3. The summed E-state index contributed by atoms with van der Waals surface area (Å²) in [7, 11) is 0. The van der Waals surface area contributed by atoms with E-state index >= 15 is 0 Å². The molecule has 0 amide bonds. The van der Waals surface area contributed by atoms with E-state index in [2.05, 4.69) is 51.7 Å². The molecule has 22 heavy (non-hydrogen) atoms. The molecule has 0 saturated carbocycles. The Morgan fingerprint density at radius 1 is 1.23 bits per heavy atom. The van der Waals surface area contributed by atoms with Crippen LogP contribution >= 0.6 is 0 Å². The van der Waals surface area contributed by atoms with Crippen LogP contribution in [0.2, 0.25) is 0 Å². The first kappa shape index (κ1) is 15.8. The van der Waals surface area contributed by atoms with Gasteiger partial charge >= 0.3 is 0 Å². The molecule has 2 aliphatic heterocycles. The molecule has 2 aliphatic rings. The van der Waals surface area contributed by atoms with E-state index < -0.39 is 11.7 Å². The van der Waals surface area contributed by atoms with E-state index in [1.807, 2.05) is 0 Å². The molecule has 3 atom stereocenters. The molecule has 0 aliphatic carbocycles. The van der Waals surface area contributed by atoms with Crippen LogP contribution in [0.3, 0.4) is 0 Å². The van der Waals surface area contributed by atoms with Crippen LogP contribution in [0.5, 0.6) is 5.75 Å². The molecular weight excluding hydrogens is 274 g/mol. The van der Waals surface area contributed by atoms with E-state index in [1.165, 1.54) is 24.8 Å². The Bertz CT molecular complexity index is 567. The average Bonchev–Trinajstić information content (AvgIpc) is 2.42. The minimum atomic E-state index is -0.488. The van der Waals surface area contributed by atoms with Gasteiger partial charge in [0, 0.05) is 11.6 Å². The highest BCUT2D eigenvalue weighted by molar-refractivity contribution is 5.48. The molecule has 1 aromatic carbocycles. The smallest absolute Gasteiger partial charge is 0.128 e. The van der Waals surface area contributed by atoms with Crippen molar-refractivity contribution in [3.63, 3.8) is 0 Å². The summed E-state index contributed by atoms with van der Waals surface area (Å²) in [6, 6.07) is 4.73. The molecule has 3 heteroatoms. The molecular formula is C19H29NO2. The maximum Gasteiger partial charge on any atom is 0.128 e. The molecule has 3 unspecified atom stereocenters. The molecule has 1 fully saturated rings. The van der Waals surface area contributed by atoms with Gasteiger partial charge in [0.05, 0.1) is 6.04 Å². The second-order valence-corrected chi connectivity index (χ2v) is 7.68. The van der Waals surface area contributed by atoms with Crippen molar-refractivity contribution in [3.8, 4) is 5.75 Å². The van der Waals surface area contributed by atoms with Crippen molar-refractivity contribution in [1.29, 1.82) is 0 Å². The molecule has 0 spiro atoms. The number of likely N-dealkylation sites (tertiary alicyclic amines) is 1. The van der Waals surface area contributed by atoms with E-state index in [9.17, 15) is 5.11 Å². The lowest BCUT2D eigenvalue weighted by Gasteiger charge is -2.51. The number of aliphatic hydroxyl groups is 1. The van der Waals surface area contributed by atoms with Gasteiger partial charge < -0.3 is 9.84 Å². The zero-order valence-corrected chi connectivity index (χ0v) is 14.5. The Morgan fingerprint density at radius 3 is 2.64 bits per heavy atom. The summed E-state index contributed by atoms with van der Waals surface area (Å²) < 4.78 is 6.39. The fourth-order valence-electron chi connectivity index (χ4n) is 4.33. The van der Waals surface area contributed by atoms with Crippen LogP contribution in [-0.4, -0.2) is 34.2 Å². The van der Waals surface area contributed by atoms with E-state index in [1.54, 1.807) is 0 Å². The SMILES string of the molecule is Cc1cc(C)c2c(c1)C(O)C(N1CCCCC1C)C(C)(C)O2. The number of nitrogens with zero attached hydrogens (tertiary/aromatic N) is 1. The molecule has 1 N–H and O–H groups in total. The van der Waals surface area contributed by atoms with Crippen molar-refractivity contribution >= 4 is 0 Å². The fourth-order valence-corrected chi connectivity index (χ4v) is 4.33. The standard InChI is InChI=1S/C19H29NO2/c1-12-10-13(2)17-15(11-12)16(21)18(19(4,5)22-17)20-9-7-6-8-14(20)3/h10-11,14,16,18,21H,6-9H2,1-5H3. The highest BCUT2D eigenvalue weighted by atomic mass is 16.5. The first-order valence-corrected chi connectivity index (χ1v) is 8.55. The fraction of sp³-hybridized carbons (Fsp3) is 0.684. The van der Waals surface area contributed by atoms with Crippen molar-refractivity contribution in [2.75, 3.05) is 6.54 Å². The Hall–Kier alpha value is -1.06. The maximum absolute atomic E-state index is 11.2. The molecule has 2 heterocycles. The minimum Gasteiger partial charge on any atom is -0.485 e. The predicted molar refractivity (Wildman–Crippen MR) is 89.4 cm³/mol. The largest absolute Gasteiger partial charge is 0.485 e. The zero-order chi connectivity index (χ0) is 16.1. The molecule has 1 aromatic rings. The lowest BCUT2D eigenvalue weighted by molar-refractivity contribution is -0.101. The van der Waals surface area contributed by atoms with Crippen molar-refractivity contribution in [2.24, 2.45) is 0 Å². The topological polar surface area (TPSA) is 32.7 Å². The van der Waals surface area contributed by atoms with Crippen LogP contribution in [0.1, 0.15) is 62.8 Å². The third-order valence-electron chi connectivity index (χ3n) is 5.35. The summed E-state index contributed by atoms with van der Waals surface area (Å²) in [4.78, 5) is 2.47. The van der Waals surface area contributed by atoms with Crippen molar-refractivity contribution in [1.82, 2.24) is 4.90 Å². The molecule has 0 radical (unpaired) electrons. The van der Waals surface area contributed by atoms with E-state index in [0.29, 0.717) is 6.04 Å². The molecule has 122 valence electrons. The van der Waals surface area contributed by atoms with E-state index in [0.717, 1.165) is 23.4 Å². The Labute approximate surface area is 134 Å². The number of benzene rings is 1. The second kappa shape index (κ2) is 5.54. The van der Waals surface area contributed by atoms with Crippen LogP contribution in [-0.2, 0) is 0 Å². The van der Waals surface area contributed by atoms with Crippen molar-refractivity contribution < 1.29 is 9.84 Å². The minimum absolute atomic E-state index is 0.0106. The summed E-state index contributed by atoms with van der Waals surface area (Å²) in [6.07, 6.45) is 3.22. The zero-order valence-electron chi connectivity index (χ0n) is 14.5. The van der Waals surface area contributed by atoms with Gasteiger partial charge in [0.25, 0.3) is 0 Å². The third kappa shape index (κ3) is 2.55. The molecule has 0 aromatic heterocycles. The number of piperidine rings is 1. The van der Waals surface area contributed by atoms with Gasteiger partial charge in [0.1, 0.15) is 17.5 Å². The molecule has 0 bridgehead atoms. The van der Waals surface area contributed by atoms with Gasteiger partial charge in [0.2, 0.25) is 0 Å². The lowest BCUT2D eigenvalue weighted by Crippen LogP contribution is -2.61. The number of aryl methyl sites for hydroxylation is 2. The summed E-state index contributed by atoms with van der Waals surface area (Å²) in [6.45, 7) is 11.7. The van der Waals surface area contributed by atoms with E-state index in [-0.39, 0.29) is 6.04 Å². The van der Waals surface area contributed by atoms with E-state index in [4.69, 9.17) is 4.74 Å². The second-order valence-electron chi connectivity index (χ2n) is 7.68. The summed E-state index contributed by atoms with van der Waals surface area (Å²) in [5.41, 5.74) is 2.87. The quantitative estimate of drug-likeness (QED) is 0.857. The molecule has 3 nitrogen and oxygen atoms in total. The summed E-state index contributed by atoms with van der Waals surface area (Å²) in [5, 5.41) is 11.2. The van der Waals surface area contributed by atoms with Crippen molar-refractivity contribution in [3.05, 3.63) is 28.8 Å². The normalized spacial score (nSPS) is 31.5. The highest BCUT2D eigenvalue weighted by Crippen LogP contribution is 2.45. The number of ether oxygens (including phenoxy) is 1. The monoisotopic (exact) mass is 303 g/mol. The number of hydrogen-bond donors (Lipinski definition) is 1. The van der Waals surface area contributed by atoms with Crippen LogP contribution in [0.25, 0.3) is 0 Å². The number of hydrogen-bond acceptors (Lipinski definition) is 3. The number of fused-ring (bicyclic) bond motifs is 1. The molecule has 3 rings (SSSR count). The maximum atomic E-state index is 11.2. The van der Waals surface area contributed by atoms with Crippen LogP contribution in [0.4, 0.5) is 0 Å². The van der Waals surface area contributed by atoms with Crippen LogP contribution in [0.15, 0.2) is 12.1 Å². The van der Waals surface area contributed by atoms with Gasteiger partial charge in [-0.1, -0.05) is 18.1 Å². The average molecular weight is 303 g/mol. The van der Waals surface area contributed by atoms with Gasteiger partial charge in [-0.3, -0.25) is 4.90 Å². The van der Waals surface area contributed by atoms with Crippen LogP contribution < -0.4 is 4.74 Å². The van der Waals surface area contributed by atoms with Gasteiger partial charge in [-0.05, 0) is 65.6 Å². The molecule has 1 saturated heterocycles.